The molecule has 1 fully saturated rings. The Kier molecular flexibility index (Phi) is 5.60. The van der Waals surface area contributed by atoms with Gasteiger partial charge in [-0.25, -0.2) is 13.2 Å². The minimum Gasteiger partial charge on any atom is -0.465 e. The van der Waals surface area contributed by atoms with Crippen LogP contribution in [0.15, 0.2) is 54.6 Å². The molecule has 1 amide bonds. The van der Waals surface area contributed by atoms with Crippen molar-refractivity contribution in [2.45, 2.75) is 11.7 Å². The molecule has 0 saturated carbocycles. The zero-order chi connectivity index (χ0) is 19.4. The average molecular weight is 387 g/mol. The van der Waals surface area contributed by atoms with Crippen LogP contribution in [-0.4, -0.2) is 51.1 Å². The Morgan fingerprint density at radius 1 is 0.963 bits per heavy atom. The molecule has 0 spiro atoms. The van der Waals surface area contributed by atoms with Crippen molar-refractivity contribution in [1.82, 2.24) is 4.90 Å². The number of rotatable bonds is 3. The minimum absolute atomic E-state index is 0.0709. The molecule has 0 radical (unpaired) electrons. The number of hydrogen-bond donors (Lipinski definition) is 0. The Balaban J connectivity index is 1.77. The number of sulfone groups is 1. The van der Waals surface area contributed by atoms with Gasteiger partial charge < -0.3 is 9.64 Å². The van der Waals surface area contributed by atoms with Crippen molar-refractivity contribution < 1.29 is 22.7 Å². The van der Waals surface area contributed by atoms with Crippen molar-refractivity contribution in [3.8, 4) is 0 Å². The second-order valence-electron chi connectivity index (χ2n) is 6.42. The molecule has 0 N–H and O–H groups in total. The molecule has 1 aliphatic rings. The van der Waals surface area contributed by atoms with Gasteiger partial charge in [-0.2, -0.15) is 0 Å². The van der Waals surface area contributed by atoms with E-state index in [2.05, 4.69) is 4.74 Å². The van der Waals surface area contributed by atoms with E-state index in [1.54, 1.807) is 17.0 Å². The van der Waals surface area contributed by atoms with Gasteiger partial charge in [-0.3, -0.25) is 4.79 Å². The van der Waals surface area contributed by atoms with E-state index in [0.717, 1.165) is 5.56 Å². The van der Waals surface area contributed by atoms with Gasteiger partial charge in [-0.05, 0) is 36.2 Å². The molecule has 0 aliphatic carbocycles. The lowest BCUT2D eigenvalue weighted by atomic mass is 10.1. The molecule has 142 valence electrons. The van der Waals surface area contributed by atoms with Crippen LogP contribution in [0.3, 0.4) is 0 Å². The molecular weight excluding hydrogens is 366 g/mol. The summed E-state index contributed by atoms with van der Waals surface area (Å²) in [7, 11) is -2.04. The van der Waals surface area contributed by atoms with Crippen LogP contribution in [-0.2, 0) is 14.6 Å². The summed E-state index contributed by atoms with van der Waals surface area (Å²) in [6, 6.07) is 15.3. The van der Waals surface area contributed by atoms with E-state index in [4.69, 9.17) is 0 Å². The van der Waals surface area contributed by atoms with Gasteiger partial charge in [0.2, 0.25) is 0 Å². The smallest absolute Gasteiger partial charge is 0.337 e. The fourth-order valence-electron chi connectivity index (χ4n) is 3.24. The maximum Gasteiger partial charge on any atom is 0.337 e. The highest BCUT2D eigenvalue weighted by Crippen LogP contribution is 2.29. The highest BCUT2D eigenvalue weighted by atomic mass is 32.2. The molecule has 2 aromatic carbocycles. The number of carbonyl (C=O) groups is 2. The lowest BCUT2D eigenvalue weighted by Crippen LogP contribution is -2.33. The summed E-state index contributed by atoms with van der Waals surface area (Å²) in [6.07, 6.45) is 0.359. The molecule has 27 heavy (non-hydrogen) atoms. The average Bonchev–Trinajstić information content (AvgIpc) is 2.85. The van der Waals surface area contributed by atoms with E-state index in [-0.39, 0.29) is 18.2 Å². The maximum absolute atomic E-state index is 12.8. The summed E-state index contributed by atoms with van der Waals surface area (Å²) >= 11 is 0. The first kappa shape index (κ1) is 19.1. The first-order valence-electron chi connectivity index (χ1n) is 8.66. The molecule has 1 atom stereocenters. The third-order valence-electron chi connectivity index (χ3n) is 4.75. The molecule has 0 aromatic heterocycles. The molecule has 0 bridgehead atoms. The van der Waals surface area contributed by atoms with Crippen LogP contribution in [0, 0.1) is 0 Å². The second kappa shape index (κ2) is 7.92. The predicted octanol–water partition coefficient (Wildman–Crippen LogP) is 2.48. The van der Waals surface area contributed by atoms with Crippen LogP contribution in [0.25, 0.3) is 0 Å². The van der Waals surface area contributed by atoms with Crippen molar-refractivity contribution >= 4 is 21.7 Å². The van der Waals surface area contributed by atoms with Crippen molar-refractivity contribution in [1.29, 1.82) is 0 Å². The first-order valence-corrected chi connectivity index (χ1v) is 10.4. The Hall–Kier alpha value is -2.67. The first-order chi connectivity index (χ1) is 12.9. The second-order valence-corrected chi connectivity index (χ2v) is 8.72. The van der Waals surface area contributed by atoms with E-state index >= 15 is 0 Å². The van der Waals surface area contributed by atoms with Crippen LogP contribution in [0.1, 0.15) is 38.0 Å². The monoisotopic (exact) mass is 387 g/mol. The molecule has 2 aromatic rings. The summed E-state index contributed by atoms with van der Waals surface area (Å²) in [5.41, 5.74) is 1.53. The molecular formula is C20H21NO5S. The van der Waals surface area contributed by atoms with Gasteiger partial charge in [0.25, 0.3) is 5.91 Å². The van der Waals surface area contributed by atoms with E-state index in [1.807, 2.05) is 30.3 Å². The summed E-state index contributed by atoms with van der Waals surface area (Å²) in [5, 5.41) is -0.599. The lowest BCUT2D eigenvalue weighted by molar-refractivity contribution is 0.0599. The van der Waals surface area contributed by atoms with Gasteiger partial charge in [-0.15, -0.1) is 0 Å². The number of hydrogen-bond acceptors (Lipinski definition) is 5. The SMILES string of the molecule is COC(=O)c1ccc(C(=O)N2CC[C@H](c3ccccc3)S(=O)(=O)CC2)cc1. The highest BCUT2D eigenvalue weighted by molar-refractivity contribution is 7.91. The van der Waals surface area contributed by atoms with E-state index in [9.17, 15) is 18.0 Å². The van der Waals surface area contributed by atoms with Gasteiger partial charge in [0, 0.05) is 18.7 Å². The quantitative estimate of drug-likeness (QED) is 0.756. The van der Waals surface area contributed by atoms with Crippen LogP contribution in [0.2, 0.25) is 0 Å². The summed E-state index contributed by atoms with van der Waals surface area (Å²) in [5.74, 6) is -0.783. The van der Waals surface area contributed by atoms with Gasteiger partial charge in [-0.1, -0.05) is 30.3 Å². The number of benzene rings is 2. The Morgan fingerprint density at radius 3 is 2.22 bits per heavy atom. The van der Waals surface area contributed by atoms with E-state index in [0.29, 0.717) is 24.1 Å². The summed E-state index contributed by atoms with van der Waals surface area (Å²) in [4.78, 5) is 25.8. The third-order valence-corrected chi connectivity index (χ3v) is 6.88. The number of ether oxygens (including phenoxy) is 1. The molecule has 3 rings (SSSR count). The van der Waals surface area contributed by atoms with Crippen molar-refractivity contribution in [3.63, 3.8) is 0 Å². The van der Waals surface area contributed by atoms with Crippen molar-refractivity contribution in [2.75, 3.05) is 26.0 Å². The van der Waals surface area contributed by atoms with Gasteiger partial charge in [0.15, 0.2) is 9.84 Å². The van der Waals surface area contributed by atoms with Crippen LogP contribution in [0.5, 0.6) is 0 Å². The lowest BCUT2D eigenvalue weighted by Gasteiger charge is -2.20. The summed E-state index contributed by atoms with van der Waals surface area (Å²) in [6.45, 7) is 0.514. The Labute approximate surface area is 158 Å². The number of carbonyl (C=O) groups excluding carboxylic acids is 2. The number of nitrogens with zero attached hydrogens (tertiary/aromatic N) is 1. The fourth-order valence-corrected chi connectivity index (χ4v) is 5.03. The van der Waals surface area contributed by atoms with Crippen LogP contribution in [0.4, 0.5) is 0 Å². The molecule has 0 unspecified atom stereocenters. The van der Waals surface area contributed by atoms with Crippen molar-refractivity contribution in [2.24, 2.45) is 0 Å². The standard InChI is InChI=1S/C20H21NO5S/c1-26-20(23)17-9-7-16(8-10-17)19(22)21-12-11-18(27(24,25)14-13-21)15-5-3-2-4-6-15/h2-10,18H,11-14H2,1H3/t18-/m1/s1. The summed E-state index contributed by atoms with van der Waals surface area (Å²) < 4.78 is 30.0. The minimum atomic E-state index is -3.34. The largest absolute Gasteiger partial charge is 0.465 e. The number of amides is 1. The number of methoxy groups -OCH3 is 1. The Bertz CT molecular complexity index is 923. The van der Waals surface area contributed by atoms with Gasteiger partial charge in [0.05, 0.1) is 23.7 Å². The fraction of sp³-hybridized carbons (Fsp3) is 0.300. The molecule has 1 heterocycles. The zero-order valence-electron chi connectivity index (χ0n) is 15.0. The topological polar surface area (TPSA) is 80.8 Å². The number of esters is 1. The molecule has 6 nitrogen and oxygen atoms in total. The predicted molar refractivity (Wildman–Crippen MR) is 101 cm³/mol. The molecule has 7 heteroatoms. The van der Waals surface area contributed by atoms with Gasteiger partial charge >= 0.3 is 5.97 Å². The highest BCUT2D eigenvalue weighted by Gasteiger charge is 2.32. The van der Waals surface area contributed by atoms with E-state index < -0.39 is 21.1 Å². The van der Waals surface area contributed by atoms with Crippen LogP contribution < -0.4 is 0 Å². The van der Waals surface area contributed by atoms with Crippen LogP contribution >= 0.6 is 0 Å². The molecule has 1 aliphatic heterocycles. The maximum atomic E-state index is 12.8. The Morgan fingerprint density at radius 2 is 1.59 bits per heavy atom. The normalized spacial score (nSPS) is 19.1. The van der Waals surface area contributed by atoms with E-state index in [1.165, 1.54) is 19.2 Å². The third kappa shape index (κ3) is 4.19. The van der Waals surface area contributed by atoms with Gasteiger partial charge in [0.1, 0.15) is 0 Å². The zero-order valence-corrected chi connectivity index (χ0v) is 15.8. The molecule has 1 saturated heterocycles. The van der Waals surface area contributed by atoms with Crippen molar-refractivity contribution in [3.05, 3.63) is 71.3 Å².